The monoisotopic (exact) mass is 455 g/mol. The summed E-state index contributed by atoms with van der Waals surface area (Å²) in [5.74, 6) is 0.0943. The van der Waals surface area contributed by atoms with Gasteiger partial charge in [0, 0.05) is 12.7 Å². The largest absolute Gasteiger partial charge is 0.482 e. The van der Waals surface area contributed by atoms with Gasteiger partial charge < -0.3 is 9.64 Å². The molecule has 4 rings (SSSR count). The van der Waals surface area contributed by atoms with Gasteiger partial charge in [0.25, 0.3) is 5.91 Å². The molecule has 8 heteroatoms. The summed E-state index contributed by atoms with van der Waals surface area (Å²) in [6.45, 7) is 0.386. The van der Waals surface area contributed by atoms with Crippen molar-refractivity contribution in [3.8, 4) is 5.75 Å². The fourth-order valence-corrected chi connectivity index (χ4v) is 3.66. The highest BCUT2D eigenvalue weighted by Crippen LogP contribution is 2.31. The number of pyridine rings is 1. The van der Waals surface area contributed by atoms with Gasteiger partial charge in [0.1, 0.15) is 12.3 Å². The van der Waals surface area contributed by atoms with E-state index in [1.807, 2.05) is 30.3 Å². The van der Waals surface area contributed by atoms with Gasteiger partial charge in [0.15, 0.2) is 6.61 Å². The van der Waals surface area contributed by atoms with Crippen LogP contribution in [0.3, 0.4) is 0 Å². The summed E-state index contributed by atoms with van der Waals surface area (Å²) in [5, 5.41) is 0.866. The van der Waals surface area contributed by atoms with Crippen LogP contribution in [0.25, 0.3) is 0 Å². The van der Waals surface area contributed by atoms with Crippen molar-refractivity contribution in [3.05, 3.63) is 88.2 Å². The van der Waals surface area contributed by atoms with Crippen LogP contribution in [0.5, 0.6) is 5.75 Å². The zero-order valence-corrected chi connectivity index (χ0v) is 18.0. The van der Waals surface area contributed by atoms with E-state index in [2.05, 4.69) is 4.98 Å². The minimum atomic E-state index is -0.264. The van der Waals surface area contributed by atoms with Gasteiger partial charge in [0.05, 0.1) is 28.0 Å². The molecule has 0 N–H and O–H groups in total. The lowest BCUT2D eigenvalue weighted by Gasteiger charge is -2.31. The summed E-state index contributed by atoms with van der Waals surface area (Å²) in [6, 6.07) is 18.0. The number of aromatic nitrogens is 1. The van der Waals surface area contributed by atoms with E-state index in [0.29, 0.717) is 34.6 Å². The molecule has 2 heterocycles. The Hall–Kier alpha value is -3.09. The molecule has 0 radical (unpaired) electrons. The van der Waals surface area contributed by atoms with Crippen molar-refractivity contribution in [1.82, 2.24) is 9.88 Å². The third-order valence-corrected chi connectivity index (χ3v) is 5.63. The number of anilines is 1. The summed E-state index contributed by atoms with van der Waals surface area (Å²) in [5.41, 5.74) is 2.15. The molecule has 1 aliphatic heterocycles. The number of halogens is 2. The van der Waals surface area contributed by atoms with E-state index >= 15 is 0 Å². The predicted octanol–water partition coefficient (Wildman–Crippen LogP) is 4.34. The smallest absolute Gasteiger partial charge is 0.265 e. The Kier molecular flexibility index (Phi) is 6.39. The van der Waals surface area contributed by atoms with Gasteiger partial charge in [0.2, 0.25) is 5.91 Å². The Morgan fingerprint density at radius 1 is 1.03 bits per heavy atom. The van der Waals surface area contributed by atoms with E-state index in [9.17, 15) is 9.59 Å². The van der Waals surface area contributed by atoms with Crippen molar-refractivity contribution < 1.29 is 14.3 Å². The van der Waals surface area contributed by atoms with Gasteiger partial charge in [-0.25, -0.2) is 0 Å². The van der Waals surface area contributed by atoms with E-state index in [1.54, 1.807) is 41.4 Å². The molecule has 0 bridgehead atoms. The molecule has 0 unspecified atom stereocenters. The second kappa shape index (κ2) is 9.37. The first-order valence-electron chi connectivity index (χ1n) is 9.65. The van der Waals surface area contributed by atoms with Crippen molar-refractivity contribution in [2.45, 2.75) is 13.1 Å². The normalized spacial score (nSPS) is 12.8. The number of amides is 2. The lowest BCUT2D eigenvalue weighted by molar-refractivity contribution is -0.133. The molecule has 0 fully saturated rings. The number of hydrogen-bond donors (Lipinski definition) is 0. The Bertz CT molecular complexity index is 1110. The Morgan fingerprint density at radius 2 is 1.84 bits per heavy atom. The maximum Gasteiger partial charge on any atom is 0.265 e. The van der Waals surface area contributed by atoms with E-state index in [4.69, 9.17) is 27.9 Å². The van der Waals surface area contributed by atoms with Gasteiger partial charge in [-0.2, -0.15) is 0 Å². The predicted molar refractivity (Wildman–Crippen MR) is 119 cm³/mol. The van der Waals surface area contributed by atoms with Crippen LogP contribution >= 0.6 is 23.2 Å². The van der Waals surface area contributed by atoms with Crippen molar-refractivity contribution in [2.24, 2.45) is 0 Å². The molecule has 0 atom stereocenters. The van der Waals surface area contributed by atoms with Crippen LogP contribution in [0.15, 0.2) is 66.9 Å². The maximum absolute atomic E-state index is 13.3. The molecule has 1 aliphatic rings. The fraction of sp³-hybridized carbons (Fsp3) is 0.174. The number of benzene rings is 2. The minimum Gasteiger partial charge on any atom is -0.482 e. The topological polar surface area (TPSA) is 62.7 Å². The highest BCUT2D eigenvalue weighted by Gasteiger charge is 2.29. The lowest BCUT2D eigenvalue weighted by Crippen LogP contribution is -2.46. The van der Waals surface area contributed by atoms with Crippen molar-refractivity contribution >= 4 is 40.7 Å². The molecular weight excluding hydrogens is 437 g/mol. The van der Waals surface area contributed by atoms with Gasteiger partial charge in [-0.05, 0) is 42.0 Å². The summed E-state index contributed by atoms with van der Waals surface area (Å²) in [6.07, 6.45) is 1.68. The minimum absolute atomic E-state index is 0.0999. The lowest BCUT2D eigenvalue weighted by atomic mass is 10.2. The van der Waals surface area contributed by atoms with Gasteiger partial charge in [-0.3, -0.25) is 19.5 Å². The molecule has 31 heavy (non-hydrogen) atoms. The van der Waals surface area contributed by atoms with Crippen LogP contribution < -0.4 is 9.64 Å². The van der Waals surface area contributed by atoms with E-state index < -0.39 is 0 Å². The molecule has 2 amide bonds. The Morgan fingerprint density at radius 3 is 2.61 bits per heavy atom. The van der Waals surface area contributed by atoms with Crippen LogP contribution in [0.1, 0.15) is 11.3 Å². The molecule has 0 aliphatic carbocycles. The number of para-hydroxylation sites is 2. The third-order valence-electron chi connectivity index (χ3n) is 4.89. The third kappa shape index (κ3) is 4.98. The second-order valence-corrected chi connectivity index (χ2v) is 7.87. The fourth-order valence-electron chi connectivity index (χ4n) is 3.34. The van der Waals surface area contributed by atoms with Crippen molar-refractivity contribution in [3.63, 3.8) is 0 Å². The maximum atomic E-state index is 13.3. The van der Waals surface area contributed by atoms with E-state index in [0.717, 1.165) is 11.3 Å². The number of rotatable bonds is 6. The number of nitrogens with zero attached hydrogens (tertiary/aromatic N) is 3. The molecule has 0 saturated carbocycles. The first-order chi connectivity index (χ1) is 15.0. The second-order valence-electron chi connectivity index (χ2n) is 7.06. The SMILES string of the molecule is O=C(CN1C(=O)COc2ccccc21)N(Cc1ccc(Cl)c(Cl)c1)Cc1ccccn1. The standard InChI is InChI=1S/C23H19Cl2N3O3/c24-18-9-8-16(11-19(18)25)12-27(13-17-5-3-4-10-26-17)22(29)14-28-20-6-1-2-7-21(20)31-15-23(28)30/h1-11H,12-15H2. The number of ether oxygens (including phenoxy) is 1. The highest BCUT2D eigenvalue weighted by atomic mass is 35.5. The molecule has 1 aromatic heterocycles. The van der Waals surface area contributed by atoms with Crippen LogP contribution in [-0.4, -0.2) is 34.8 Å². The molecule has 2 aromatic carbocycles. The number of carbonyl (C=O) groups is 2. The van der Waals surface area contributed by atoms with Gasteiger partial charge in [-0.15, -0.1) is 0 Å². The van der Waals surface area contributed by atoms with Crippen molar-refractivity contribution in [1.29, 1.82) is 0 Å². The summed E-state index contributed by atoms with van der Waals surface area (Å²) >= 11 is 12.2. The number of fused-ring (bicyclic) bond motifs is 1. The molecule has 0 saturated heterocycles. The zero-order chi connectivity index (χ0) is 21.8. The van der Waals surface area contributed by atoms with Crippen molar-refractivity contribution in [2.75, 3.05) is 18.1 Å². The van der Waals surface area contributed by atoms with Crippen LogP contribution in [0.2, 0.25) is 10.0 Å². The molecular formula is C23H19Cl2N3O3. The average Bonchev–Trinajstić information content (AvgIpc) is 2.78. The Balaban J connectivity index is 1.59. The van der Waals surface area contributed by atoms with Crippen LogP contribution in [-0.2, 0) is 22.7 Å². The summed E-state index contributed by atoms with van der Waals surface area (Å²) in [7, 11) is 0. The first-order valence-corrected chi connectivity index (χ1v) is 10.4. The van der Waals surface area contributed by atoms with E-state index in [-0.39, 0.29) is 25.0 Å². The Labute approximate surface area is 190 Å². The van der Waals surface area contributed by atoms with Gasteiger partial charge >= 0.3 is 0 Å². The van der Waals surface area contributed by atoms with E-state index in [1.165, 1.54) is 4.90 Å². The average molecular weight is 456 g/mol. The zero-order valence-electron chi connectivity index (χ0n) is 16.5. The summed E-state index contributed by atoms with van der Waals surface area (Å²) < 4.78 is 5.47. The molecule has 3 aromatic rings. The number of hydrogen-bond acceptors (Lipinski definition) is 4. The van der Waals surface area contributed by atoms with Crippen LogP contribution in [0.4, 0.5) is 5.69 Å². The molecule has 158 valence electrons. The number of carbonyl (C=O) groups excluding carboxylic acids is 2. The van der Waals surface area contributed by atoms with Crippen LogP contribution in [0, 0.1) is 0 Å². The highest BCUT2D eigenvalue weighted by molar-refractivity contribution is 6.42. The van der Waals surface area contributed by atoms with Gasteiger partial charge in [-0.1, -0.05) is 47.5 Å². The molecule has 6 nitrogen and oxygen atoms in total. The quantitative estimate of drug-likeness (QED) is 0.554. The first kappa shape index (κ1) is 21.2. The summed E-state index contributed by atoms with van der Waals surface area (Å²) in [4.78, 5) is 33.3. The molecule has 0 spiro atoms.